The van der Waals surface area contributed by atoms with Gasteiger partial charge in [0.1, 0.15) is 0 Å². The molecule has 1 N–H and O–H groups in total. The summed E-state index contributed by atoms with van der Waals surface area (Å²) in [5.74, 6) is 0.103. The van der Waals surface area contributed by atoms with Crippen molar-refractivity contribution in [1.82, 2.24) is 0 Å². The van der Waals surface area contributed by atoms with E-state index < -0.39 is 0 Å². The Kier molecular flexibility index (Phi) is 5.49. The van der Waals surface area contributed by atoms with Crippen molar-refractivity contribution in [2.24, 2.45) is 5.41 Å². The van der Waals surface area contributed by atoms with Gasteiger partial charge in [0.05, 0.1) is 0 Å². The van der Waals surface area contributed by atoms with Crippen LogP contribution < -0.4 is 10.2 Å². The van der Waals surface area contributed by atoms with Gasteiger partial charge in [0, 0.05) is 29.9 Å². The Morgan fingerprint density at radius 3 is 2.41 bits per heavy atom. The maximum absolute atomic E-state index is 12.4. The summed E-state index contributed by atoms with van der Waals surface area (Å²) >= 11 is 0. The standard InChI is InChI=1S/C19H30N2O/c1-5-19(3,4)18(22)20-17-14-16(11-10-15(17)2)21-12-8-6-7-9-13-21/h10-11,14H,5-9,12-13H2,1-4H3,(H,20,22). The first-order valence-corrected chi connectivity index (χ1v) is 8.61. The van der Waals surface area contributed by atoms with Gasteiger partial charge in [0.2, 0.25) is 5.91 Å². The summed E-state index contributed by atoms with van der Waals surface area (Å²) in [5.41, 5.74) is 2.98. The van der Waals surface area contributed by atoms with Crippen molar-refractivity contribution >= 4 is 17.3 Å². The molecule has 1 aliphatic heterocycles. The van der Waals surface area contributed by atoms with Gasteiger partial charge in [-0.2, -0.15) is 0 Å². The molecule has 122 valence electrons. The molecule has 0 aliphatic carbocycles. The van der Waals surface area contributed by atoms with Crippen molar-refractivity contribution in [2.45, 2.75) is 59.8 Å². The molecule has 1 fully saturated rings. The molecule has 0 radical (unpaired) electrons. The molecule has 1 aliphatic rings. The van der Waals surface area contributed by atoms with Crippen molar-refractivity contribution in [3.05, 3.63) is 23.8 Å². The van der Waals surface area contributed by atoms with E-state index in [9.17, 15) is 4.79 Å². The molecule has 1 saturated heterocycles. The fourth-order valence-electron chi connectivity index (χ4n) is 2.72. The van der Waals surface area contributed by atoms with Gasteiger partial charge in [0.15, 0.2) is 0 Å². The van der Waals surface area contributed by atoms with Crippen LogP contribution in [0.1, 0.15) is 58.4 Å². The number of hydrogen-bond donors (Lipinski definition) is 1. The van der Waals surface area contributed by atoms with Crippen LogP contribution in [0.2, 0.25) is 0 Å². The highest BCUT2D eigenvalue weighted by Gasteiger charge is 2.25. The monoisotopic (exact) mass is 302 g/mol. The largest absolute Gasteiger partial charge is 0.371 e. The van der Waals surface area contributed by atoms with Crippen LogP contribution in [0, 0.1) is 12.3 Å². The highest BCUT2D eigenvalue weighted by atomic mass is 16.2. The molecule has 1 aromatic carbocycles. The van der Waals surface area contributed by atoms with Crippen molar-refractivity contribution in [1.29, 1.82) is 0 Å². The van der Waals surface area contributed by atoms with E-state index in [0.29, 0.717) is 0 Å². The van der Waals surface area contributed by atoms with Crippen LogP contribution in [0.3, 0.4) is 0 Å². The minimum Gasteiger partial charge on any atom is -0.371 e. The number of aryl methyl sites for hydroxylation is 1. The average Bonchev–Trinajstić information content (AvgIpc) is 2.78. The summed E-state index contributed by atoms with van der Waals surface area (Å²) in [4.78, 5) is 14.9. The summed E-state index contributed by atoms with van der Waals surface area (Å²) in [5, 5.41) is 3.13. The van der Waals surface area contributed by atoms with E-state index in [1.165, 1.54) is 31.4 Å². The lowest BCUT2D eigenvalue weighted by Crippen LogP contribution is -2.30. The predicted octanol–water partition coefficient (Wildman–Crippen LogP) is 4.75. The third-order valence-corrected chi connectivity index (χ3v) is 4.94. The zero-order chi connectivity index (χ0) is 16.2. The SMILES string of the molecule is CCC(C)(C)C(=O)Nc1cc(N2CCCCCC2)ccc1C. The molecule has 1 amide bonds. The van der Waals surface area contributed by atoms with Gasteiger partial charge in [-0.15, -0.1) is 0 Å². The first-order chi connectivity index (χ1) is 10.4. The van der Waals surface area contributed by atoms with E-state index in [2.05, 4.69) is 42.3 Å². The number of nitrogens with one attached hydrogen (secondary N) is 1. The molecule has 0 atom stereocenters. The van der Waals surface area contributed by atoms with Crippen LogP contribution in [-0.4, -0.2) is 19.0 Å². The fourth-order valence-corrected chi connectivity index (χ4v) is 2.72. The van der Waals surface area contributed by atoms with E-state index in [1.54, 1.807) is 0 Å². The molecule has 3 nitrogen and oxygen atoms in total. The molecule has 1 aromatic rings. The summed E-state index contributed by atoms with van der Waals surface area (Å²) < 4.78 is 0. The Hall–Kier alpha value is -1.51. The lowest BCUT2D eigenvalue weighted by atomic mass is 9.89. The van der Waals surface area contributed by atoms with Gasteiger partial charge in [-0.3, -0.25) is 4.79 Å². The minimum absolute atomic E-state index is 0.103. The fraction of sp³-hybridized carbons (Fsp3) is 0.632. The molecular weight excluding hydrogens is 272 g/mol. The summed E-state index contributed by atoms with van der Waals surface area (Å²) in [7, 11) is 0. The molecule has 22 heavy (non-hydrogen) atoms. The van der Waals surface area contributed by atoms with E-state index in [-0.39, 0.29) is 11.3 Å². The summed E-state index contributed by atoms with van der Waals surface area (Å²) in [6.07, 6.45) is 6.02. The van der Waals surface area contributed by atoms with Crippen molar-refractivity contribution in [3.8, 4) is 0 Å². The molecule has 0 saturated carbocycles. The second-order valence-corrected chi connectivity index (χ2v) is 7.09. The second-order valence-electron chi connectivity index (χ2n) is 7.09. The molecule has 0 unspecified atom stereocenters. The normalized spacial score (nSPS) is 16.3. The van der Waals surface area contributed by atoms with E-state index in [1.807, 2.05) is 13.8 Å². The first kappa shape index (κ1) is 16.9. The lowest BCUT2D eigenvalue weighted by molar-refractivity contribution is -0.124. The number of nitrogens with zero attached hydrogens (tertiary/aromatic N) is 1. The molecule has 0 spiro atoms. The van der Waals surface area contributed by atoms with Gasteiger partial charge in [-0.1, -0.05) is 39.7 Å². The molecular formula is C19H30N2O. The lowest BCUT2D eigenvalue weighted by Gasteiger charge is -2.25. The highest BCUT2D eigenvalue weighted by Crippen LogP contribution is 2.28. The van der Waals surface area contributed by atoms with Gasteiger partial charge < -0.3 is 10.2 Å². The Morgan fingerprint density at radius 1 is 1.18 bits per heavy atom. The molecule has 1 heterocycles. The minimum atomic E-state index is -0.328. The van der Waals surface area contributed by atoms with Crippen LogP contribution in [0.4, 0.5) is 11.4 Å². The Morgan fingerprint density at radius 2 is 1.82 bits per heavy atom. The van der Waals surface area contributed by atoms with E-state index >= 15 is 0 Å². The van der Waals surface area contributed by atoms with Crippen molar-refractivity contribution < 1.29 is 4.79 Å². The Bertz CT molecular complexity index is 514. The zero-order valence-corrected chi connectivity index (χ0v) is 14.5. The zero-order valence-electron chi connectivity index (χ0n) is 14.5. The topological polar surface area (TPSA) is 32.3 Å². The number of amides is 1. The predicted molar refractivity (Wildman–Crippen MR) is 94.6 cm³/mol. The summed E-state index contributed by atoms with van der Waals surface area (Å²) in [6, 6.07) is 6.44. The van der Waals surface area contributed by atoms with Gasteiger partial charge in [-0.25, -0.2) is 0 Å². The van der Waals surface area contributed by atoms with Crippen LogP contribution >= 0.6 is 0 Å². The number of carbonyl (C=O) groups is 1. The van der Waals surface area contributed by atoms with Gasteiger partial charge >= 0.3 is 0 Å². The molecule has 2 rings (SSSR count). The van der Waals surface area contributed by atoms with Gasteiger partial charge in [-0.05, 0) is 43.9 Å². The third kappa shape index (κ3) is 4.02. The van der Waals surface area contributed by atoms with Crippen LogP contribution in [0.25, 0.3) is 0 Å². The highest BCUT2D eigenvalue weighted by molar-refractivity contribution is 5.95. The Labute approximate surface area is 135 Å². The van der Waals surface area contributed by atoms with E-state index in [0.717, 1.165) is 30.8 Å². The average molecular weight is 302 g/mol. The molecule has 3 heteroatoms. The third-order valence-electron chi connectivity index (χ3n) is 4.94. The number of anilines is 2. The molecule has 0 bridgehead atoms. The van der Waals surface area contributed by atoms with Crippen molar-refractivity contribution in [3.63, 3.8) is 0 Å². The maximum Gasteiger partial charge on any atom is 0.230 e. The molecule has 0 aromatic heterocycles. The van der Waals surface area contributed by atoms with E-state index in [4.69, 9.17) is 0 Å². The van der Waals surface area contributed by atoms with Crippen LogP contribution in [0.15, 0.2) is 18.2 Å². The van der Waals surface area contributed by atoms with Crippen LogP contribution in [0.5, 0.6) is 0 Å². The number of carbonyl (C=O) groups excluding carboxylic acids is 1. The first-order valence-electron chi connectivity index (χ1n) is 8.61. The Balaban J connectivity index is 2.17. The second kappa shape index (κ2) is 7.17. The summed E-state index contributed by atoms with van der Waals surface area (Å²) in [6.45, 7) is 10.3. The van der Waals surface area contributed by atoms with Gasteiger partial charge in [0.25, 0.3) is 0 Å². The van der Waals surface area contributed by atoms with Crippen LogP contribution in [-0.2, 0) is 4.79 Å². The maximum atomic E-state index is 12.4. The number of hydrogen-bond acceptors (Lipinski definition) is 2. The number of rotatable bonds is 4. The number of benzene rings is 1. The quantitative estimate of drug-likeness (QED) is 0.870. The van der Waals surface area contributed by atoms with Crippen molar-refractivity contribution in [2.75, 3.05) is 23.3 Å². The smallest absolute Gasteiger partial charge is 0.230 e.